The fourth-order valence-corrected chi connectivity index (χ4v) is 2.60. The first-order valence-corrected chi connectivity index (χ1v) is 9.23. The van der Waals surface area contributed by atoms with Gasteiger partial charge in [-0.3, -0.25) is 0 Å². The van der Waals surface area contributed by atoms with E-state index >= 15 is 0 Å². The molecule has 2 aromatic rings. The molecule has 3 N–H and O–H groups in total. The van der Waals surface area contributed by atoms with Gasteiger partial charge >= 0.3 is 0 Å². The zero-order valence-electron chi connectivity index (χ0n) is 15.7. The summed E-state index contributed by atoms with van der Waals surface area (Å²) in [5.74, 6) is 2.01. The van der Waals surface area contributed by atoms with E-state index in [0.29, 0.717) is 18.9 Å². The number of nitrogens with one attached hydrogen (secondary N) is 2. The molecule has 26 heavy (non-hydrogen) atoms. The summed E-state index contributed by atoms with van der Waals surface area (Å²) in [7, 11) is 0. The van der Waals surface area contributed by atoms with Crippen LogP contribution in [0.1, 0.15) is 31.4 Å². The predicted octanol–water partition coefficient (Wildman–Crippen LogP) is 3.48. The Morgan fingerprint density at radius 2 is 1.81 bits per heavy atom. The third-order valence-electron chi connectivity index (χ3n) is 3.90. The number of guanidine groups is 1. The maximum Gasteiger partial charge on any atom is 0.191 e. The van der Waals surface area contributed by atoms with E-state index in [1.807, 2.05) is 43.3 Å². The van der Waals surface area contributed by atoms with Crippen LogP contribution in [0.3, 0.4) is 0 Å². The van der Waals surface area contributed by atoms with Crippen LogP contribution in [0.4, 0.5) is 0 Å². The summed E-state index contributed by atoms with van der Waals surface area (Å²) in [5.41, 5.74) is 2.30. The molecule has 140 valence electrons. The molecule has 0 radical (unpaired) electrons. The highest BCUT2D eigenvalue weighted by Gasteiger charge is 2.03. The lowest BCUT2D eigenvalue weighted by atomic mass is 10.1. The lowest BCUT2D eigenvalue weighted by Gasteiger charge is -2.12. The van der Waals surface area contributed by atoms with Crippen molar-refractivity contribution in [1.82, 2.24) is 10.6 Å². The molecule has 0 unspecified atom stereocenters. The number of ether oxygens (including phenoxy) is 1. The molecule has 0 spiro atoms. The number of nitrogens with zero attached hydrogens (tertiary/aromatic N) is 1. The maximum absolute atomic E-state index is 9.32. The number of para-hydroxylation sites is 1. The first kappa shape index (κ1) is 19.6. The van der Waals surface area contributed by atoms with Crippen LogP contribution in [0.2, 0.25) is 0 Å². The highest BCUT2D eigenvalue weighted by atomic mass is 16.5. The number of phenolic OH excluding ortho intramolecular Hbond substituents is 1. The van der Waals surface area contributed by atoms with Crippen molar-refractivity contribution in [2.75, 3.05) is 19.7 Å². The molecule has 2 rings (SSSR count). The van der Waals surface area contributed by atoms with Crippen molar-refractivity contribution in [2.24, 2.45) is 4.99 Å². The smallest absolute Gasteiger partial charge is 0.191 e. The van der Waals surface area contributed by atoms with Gasteiger partial charge < -0.3 is 20.5 Å². The van der Waals surface area contributed by atoms with Crippen molar-refractivity contribution in [3.63, 3.8) is 0 Å². The second-order valence-corrected chi connectivity index (χ2v) is 5.93. The Bertz CT molecular complexity index is 684. The van der Waals surface area contributed by atoms with E-state index in [1.165, 1.54) is 5.56 Å². The quantitative estimate of drug-likeness (QED) is 0.366. The van der Waals surface area contributed by atoms with Gasteiger partial charge in [0.2, 0.25) is 0 Å². The first-order chi connectivity index (χ1) is 12.7. The van der Waals surface area contributed by atoms with Gasteiger partial charge in [-0.15, -0.1) is 0 Å². The summed E-state index contributed by atoms with van der Waals surface area (Å²) in [6.07, 6.45) is 1.95. The average molecular weight is 355 g/mol. The van der Waals surface area contributed by atoms with E-state index in [1.54, 1.807) is 12.1 Å². The first-order valence-electron chi connectivity index (χ1n) is 9.23. The van der Waals surface area contributed by atoms with Gasteiger partial charge in [0.25, 0.3) is 0 Å². The topological polar surface area (TPSA) is 65.9 Å². The van der Waals surface area contributed by atoms with Crippen LogP contribution in [0.25, 0.3) is 0 Å². The van der Waals surface area contributed by atoms with Gasteiger partial charge in [0.1, 0.15) is 11.5 Å². The van der Waals surface area contributed by atoms with Gasteiger partial charge in [-0.1, -0.05) is 30.3 Å². The predicted molar refractivity (Wildman–Crippen MR) is 107 cm³/mol. The van der Waals surface area contributed by atoms with Gasteiger partial charge in [0.05, 0.1) is 13.2 Å². The zero-order valence-corrected chi connectivity index (χ0v) is 15.7. The lowest BCUT2D eigenvalue weighted by molar-refractivity contribution is 0.336. The molecular weight excluding hydrogens is 326 g/mol. The molecule has 0 aliphatic heterocycles. The number of benzene rings is 2. The third-order valence-corrected chi connectivity index (χ3v) is 3.90. The monoisotopic (exact) mass is 355 g/mol. The van der Waals surface area contributed by atoms with Crippen molar-refractivity contribution in [3.05, 3.63) is 59.7 Å². The van der Waals surface area contributed by atoms with E-state index in [0.717, 1.165) is 43.2 Å². The minimum Gasteiger partial charge on any atom is -0.508 e. The molecule has 0 amide bonds. The van der Waals surface area contributed by atoms with E-state index in [9.17, 15) is 5.11 Å². The van der Waals surface area contributed by atoms with E-state index in [4.69, 9.17) is 4.74 Å². The van der Waals surface area contributed by atoms with Gasteiger partial charge in [0.15, 0.2) is 5.96 Å². The Labute approximate surface area is 156 Å². The number of hydrogen-bond acceptors (Lipinski definition) is 3. The fourth-order valence-electron chi connectivity index (χ4n) is 2.60. The van der Waals surface area contributed by atoms with Crippen molar-refractivity contribution in [1.29, 1.82) is 0 Å². The summed E-state index contributed by atoms with van der Waals surface area (Å²) in [6.45, 7) is 6.91. The minimum absolute atomic E-state index is 0.306. The number of aromatic hydroxyl groups is 1. The number of phenols is 1. The molecule has 0 bridgehead atoms. The van der Waals surface area contributed by atoms with Crippen LogP contribution in [0.5, 0.6) is 11.5 Å². The van der Waals surface area contributed by atoms with Crippen molar-refractivity contribution < 1.29 is 9.84 Å². The Balaban J connectivity index is 1.85. The summed E-state index contributed by atoms with van der Waals surface area (Å²) >= 11 is 0. The van der Waals surface area contributed by atoms with Crippen molar-refractivity contribution in [2.45, 2.75) is 33.2 Å². The Hall–Kier alpha value is -2.69. The normalized spacial score (nSPS) is 11.2. The number of rotatable bonds is 9. The standard InChI is InChI=1S/C21H29N3O2/c1-3-22-21(23-15-7-8-17-11-13-19(25)14-12-17)24-16-18-9-5-6-10-20(18)26-4-2/h5-6,9-14,25H,3-4,7-8,15-16H2,1-2H3,(H2,22,23,24). The van der Waals surface area contributed by atoms with Gasteiger partial charge in [-0.2, -0.15) is 0 Å². The largest absolute Gasteiger partial charge is 0.508 e. The molecule has 5 heteroatoms. The third kappa shape index (κ3) is 6.67. The molecule has 0 saturated carbocycles. The highest BCUT2D eigenvalue weighted by Crippen LogP contribution is 2.18. The zero-order chi connectivity index (χ0) is 18.6. The van der Waals surface area contributed by atoms with Crippen LogP contribution in [0, 0.1) is 0 Å². The summed E-state index contributed by atoms with van der Waals surface area (Å²) < 4.78 is 5.66. The Kier molecular flexibility index (Phi) is 8.33. The maximum atomic E-state index is 9.32. The second kappa shape index (κ2) is 11.0. The molecule has 0 heterocycles. The van der Waals surface area contributed by atoms with E-state index in [-0.39, 0.29) is 0 Å². The summed E-state index contributed by atoms with van der Waals surface area (Å²) in [4.78, 5) is 4.66. The van der Waals surface area contributed by atoms with Crippen LogP contribution in [-0.2, 0) is 13.0 Å². The molecule has 5 nitrogen and oxygen atoms in total. The SMILES string of the molecule is CCNC(=NCc1ccccc1OCC)NCCCc1ccc(O)cc1. The van der Waals surface area contributed by atoms with Gasteiger partial charge in [-0.25, -0.2) is 4.99 Å². The van der Waals surface area contributed by atoms with Crippen LogP contribution in [-0.4, -0.2) is 30.8 Å². The summed E-state index contributed by atoms with van der Waals surface area (Å²) in [5, 5.41) is 16.0. The van der Waals surface area contributed by atoms with Gasteiger partial charge in [0, 0.05) is 18.7 Å². The number of aliphatic imine (C=N–C) groups is 1. The highest BCUT2D eigenvalue weighted by molar-refractivity contribution is 5.79. The minimum atomic E-state index is 0.306. The Morgan fingerprint density at radius 3 is 2.54 bits per heavy atom. The van der Waals surface area contributed by atoms with Gasteiger partial charge in [-0.05, 0) is 50.5 Å². The van der Waals surface area contributed by atoms with Crippen LogP contribution in [0.15, 0.2) is 53.5 Å². The molecule has 2 aromatic carbocycles. The molecule has 0 aliphatic carbocycles. The fraction of sp³-hybridized carbons (Fsp3) is 0.381. The van der Waals surface area contributed by atoms with E-state index in [2.05, 4.69) is 22.5 Å². The van der Waals surface area contributed by atoms with Crippen molar-refractivity contribution in [3.8, 4) is 11.5 Å². The van der Waals surface area contributed by atoms with Crippen molar-refractivity contribution >= 4 is 5.96 Å². The summed E-state index contributed by atoms with van der Waals surface area (Å²) in [6, 6.07) is 15.4. The lowest BCUT2D eigenvalue weighted by Crippen LogP contribution is -2.37. The molecule has 0 fully saturated rings. The average Bonchev–Trinajstić information content (AvgIpc) is 2.66. The molecular formula is C21H29N3O2. The van der Waals surface area contributed by atoms with Crippen LogP contribution < -0.4 is 15.4 Å². The van der Waals surface area contributed by atoms with E-state index < -0.39 is 0 Å². The molecule has 0 saturated heterocycles. The number of aryl methyl sites for hydroxylation is 1. The number of hydrogen-bond donors (Lipinski definition) is 3. The molecule has 0 aromatic heterocycles. The Morgan fingerprint density at radius 1 is 1.04 bits per heavy atom. The second-order valence-electron chi connectivity index (χ2n) is 5.93. The van der Waals surface area contributed by atoms with Crippen LogP contribution >= 0.6 is 0 Å². The molecule has 0 atom stereocenters. The molecule has 0 aliphatic rings.